The maximum Gasteiger partial charge on any atom is 0.331 e. The van der Waals surface area contributed by atoms with E-state index in [0.717, 1.165) is 13.1 Å². The van der Waals surface area contributed by atoms with E-state index in [1.165, 1.54) is 0 Å². The summed E-state index contributed by atoms with van der Waals surface area (Å²) in [6.07, 6.45) is 2.84. The van der Waals surface area contributed by atoms with Crippen LogP contribution < -0.4 is 0 Å². The average molecular weight is 227 g/mol. The van der Waals surface area contributed by atoms with Gasteiger partial charge in [0, 0.05) is 25.2 Å². The molecule has 0 saturated carbocycles. The van der Waals surface area contributed by atoms with Crippen molar-refractivity contribution in [2.45, 2.75) is 39.4 Å². The molecule has 0 radical (unpaired) electrons. The van der Waals surface area contributed by atoms with Gasteiger partial charge in [-0.05, 0) is 20.3 Å². The fourth-order valence-electron chi connectivity index (χ4n) is 2.06. The molecule has 0 bridgehead atoms. The van der Waals surface area contributed by atoms with Gasteiger partial charge < -0.3 is 9.84 Å². The molecule has 0 spiro atoms. The molecule has 0 amide bonds. The molecule has 0 aromatic rings. The quantitative estimate of drug-likeness (QED) is 0.740. The minimum Gasteiger partial charge on any atom is -0.478 e. The van der Waals surface area contributed by atoms with Crippen molar-refractivity contribution in [1.29, 1.82) is 0 Å². The first-order valence-electron chi connectivity index (χ1n) is 5.83. The number of carboxylic acid groups (broad SMARTS) is 1. The third-order valence-corrected chi connectivity index (χ3v) is 2.75. The number of carboxylic acids is 1. The Morgan fingerprint density at radius 1 is 1.44 bits per heavy atom. The van der Waals surface area contributed by atoms with Crippen LogP contribution in [0.25, 0.3) is 0 Å². The zero-order chi connectivity index (χ0) is 12.1. The van der Waals surface area contributed by atoms with Crippen molar-refractivity contribution in [3.05, 3.63) is 11.6 Å². The predicted octanol–water partition coefficient (Wildman–Crippen LogP) is 1.52. The summed E-state index contributed by atoms with van der Waals surface area (Å²) in [4.78, 5) is 13.1. The topological polar surface area (TPSA) is 49.8 Å². The third kappa shape index (κ3) is 3.94. The molecule has 4 heteroatoms. The lowest BCUT2D eigenvalue weighted by molar-refractivity contribution is -0.132. The van der Waals surface area contributed by atoms with Crippen LogP contribution in [0.15, 0.2) is 11.6 Å². The Morgan fingerprint density at radius 2 is 2.00 bits per heavy atom. The van der Waals surface area contributed by atoms with Gasteiger partial charge in [0.1, 0.15) is 0 Å². The van der Waals surface area contributed by atoms with Gasteiger partial charge in [0.05, 0.1) is 12.2 Å². The number of hydrogen-bond acceptors (Lipinski definition) is 3. The lowest BCUT2D eigenvalue weighted by atomic mass is 10.1. The molecule has 1 aliphatic rings. The molecule has 1 saturated heterocycles. The predicted molar refractivity (Wildman–Crippen MR) is 62.5 cm³/mol. The number of aliphatic carboxylic acids is 1. The molecule has 1 rings (SSSR count). The molecule has 0 unspecified atom stereocenters. The second-order valence-electron chi connectivity index (χ2n) is 4.36. The van der Waals surface area contributed by atoms with Crippen LogP contribution in [-0.2, 0) is 9.53 Å². The van der Waals surface area contributed by atoms with Gasteiger partial charge in [-0.1, -0.05) is 13.0 Å². The highest BCUT2D eigenvalue weighted by molar-refractivity contribution is 5.86. The molecule has 1 aliphatic heterocycles. The minimum atomic E-state index is -0.808. The van der Waals surface area contributed by atoms with E-state index in [0.29, 0.717) is 18.5 Å². The van der Waals surface area contributed by atoms with Crippen molar-refractivity contribution in [3.8, 4) is 0 Å². The Kier molecular flexibility index (Phi) is 4.96. The number of ether oxygens (including phenoxy) is 1. The smallest absolute Gasteiger partial charge is 0.331 e. The second kappa shape index (κ2) is 6.01. The summed E-state index contributed by atoms with van der Waals surface area (Å²) in [5.74, 6) is -0.808. The molecule has 0 aromatic carbocycles. The SMILES string of the molecule is CCC(=CCN1C[C@@H](C)O[C@@H](C)C1)C(=O)O. The Bertz CT molecular complexity index is 265. The van der Waals surface area contributed by atoms with Crippen molar-refractivity contribution >= 4 is 5.97 Å². The van der Waals surface area contributed by atoms with Crippen LogP contribution in [0.2, 0.25) is 0 Å². The molecular formula is C12H21NO3. The molecule has 1 fully saturated rings. The zero-order valence-corrected chi connectivity index (χ0v) is 10.3. The van der Waals surface area contributed by atoms with Crippen LogP contribution in [0.3, 0.4) is 0 Å². The largest absolute Gasteiger partial charge is 0.478 e. The summed E-state index contributed by atoms with van der Waals surface area (Å²) in [5.41, 5.74) is 0.492. The van der Waals surface area contributed by atoms with Crippen LogP contribution in [0, 0.1) is 0 Å². The molecule has 16 heavy (non-hydrogen) atoms. The molecule has 0 aliphatic carbocycles. The zero-order valence-electron chi connectivity index (χ0n) is 10.3. The maximum atomic E-state index is 10.8. The first-order valence-corrected chi connectivity index (χ1v) is 5.83. The van der Waals surface area contributed by atoms with Crippen molar-refractivity contribution in [2.24, 2.45) is 0 Å². The second-order valence-corrected chi connectivity index (χ2v) is 4.36. The lowest BCUT2D eigenvalue weighted by Crippen LogP contribution is -2.45. The van der Waals surface area contributed by atoms with Gasteiger partial charge in [-0.15, -0.1) is 0 Å². The lowest BCUT2D eigenvalue weighted by Gasteiger charge is -2.34. The first kappa shape index (κ1) is 13.2. The molecule has 1 heterocycles. The first-order chi connectivity index (χ1) is 7.52. The number of morpholine rings is 1. The standard InChI is InChI=1S/C12H21NO3/c1-4-11(12(14)15)5-6-13-7-9(2)16-10(3)8-13/h5,9-10H,4,6-8H2,1-3H3,(H,14,15)/t9-,10+. The third-order valence-electron chi connectivity index (χ3n) is 2.75. The van der Waals surface area contributed by atoms with Gasteiger partial charge in [0.2, 0.25) is 0 Å². The van der Waals surface area contributed by atoms with E-state index >= 15 is 0 Å². The van der Waals surface area contributed by atoms with E-state index in [9.17, 15) is 4.79 Å². The summed E-state index contributed by atoms with van der Waals surface area (Å²) in [6.45, 7) is 8.40. The fraction of sp³-hybridized carbons (Fsp3) is 0.750. The average Bonchev–Trinajstić information content (AvgIpc) is 2.16. The summed E-state index contributed by atoms with van der Waals surface area (Å²) in [5, 5.41) is 8.90. The van der Waals surface area contributed by atoms with Gasteiger partial charge in [-0.25, -0.2) is 4.79 Å². The van der Waals surface area contributed by atoms with E-state index in [1.807, 2.05) is 26.8 Å². The molecular weight excluding hydrogens is 206 g/mol. The molecule has 4 nitrogen and oxygen atoms in total. The summed E-state index contributed by atoms with van der Waals surface area (Å²) in [7, 11) is 0. The highest BCUT2D eigenvalue weighted by atomic mass is 16.5. The Hall–Kier alpha value is -0.870. The van der Waals surface area contributed by atoms with E-state index in [-0.39, 0.29) is 12.2 Å². The van der Waals surface area contributed by atoms with Crippen molar-refractivity contribution in [3.63, 3.8) is 0 Å². The maximum absolute atomic E-state index is 10.8. The van der Waals surface area contributed by atoms with Crippen molar-refractivity contribution in [1.82, 2.24) is 4.90 Å². The van der Waals surface area contributed by atoms with Gasteiger partial charge >= 0.3 is 5.97 Å². The number of hydrogen-bond donors (Lipinski definition) is 1. The highest BCUT2D eigenvalue weighted by Crippen LogP contribution is 2.11. The van der Waals surface area contributed by atoms with Gasteiger partial charge in [-0.2, -0.15) is 0 Å². The van der Waals surface area contributed by atoms with Crippen LogP contribution in [0.4, 0.5) is 0 Å². The molecule has 0 aromatic heterocycles. The Morgan fingerprint density at radius 3 is 2.44 bits per heavy atom. The van der Waals surface area contributed by atoms with Crippen molar-refractivity contribution < 1.29 is 14.6 Å². The van der Waals surface area contributed by atoms with Crippen molar-refractivity contribution in [2.75, 3.05) is 19.6 Å². The summed E-state index contributed by atoms with van der Waals surface area (Å²) < 4.78 is 5.62. The monoisotopic (exact) mass is 227 g/mol. The van der Waals surface area contributed by atoms with Gasteiger partial charge in [0.15, 0.2) is 0 Å². The van der Waals surface area contributed by atoms with E-state index in [1.54, 1.807) is 0 Å². The molecule has 1 N–H and O–H groups in total. The Balaban J connectivity index is 2.50. The summed E-state index contributed by atoms with van der Waals surface area (Å²) in [6, 6.07) is 0. The van der Waals surface area contributed by atoms with Crippen LogP contribution in [0.1, 0.15) is 27.2 Å². The minimum absolute atomic E-state index is 0.229. The normalized spacial score (nSPS) is 28.1. The molecule has 2 atom stereocenters. The van der Waals surface area contributed by atoms with Crippen LogP contribution in [0.5, 0.6) is 0 Å². The summed E-state index contributed by atoms with van der Waals surface area (Å²) >= 11 is 0. The van der Waals surface area contributed by atoms with E-state index in [4.69, 9.17) is 9.84 Å². The fourth-order valence-corrected chi connectivity index (χ4v) is 2.06. The van der Waals surface area contributed by atoms with Gasteiger partial charge in [0.25, 0.3) is 0 Å². The number of carbonyl (C=O) groups is 1. The Labute approximate surface area is 96.9 Å². The van der Waals surface area contributed by atoms with Crippen LogP contribution >= 0.6 is 0 Å². The van der Waals surface area contributed by atoms with Gasteiger partial charge in [-0.3, -0.25) is 4.90 Å². The highest BCUT2D eigenvalue weighted by Gasteiger charge is 2.21. The van der Waals surface area contributed by atoms with E-state index in [2.05, 4.69) is 4.90 Å². The number of rotatable bonds is 4. The van der Waals surface area contributed by atoms with Crippen LogP contribution in [-0.4, -0.2) is 47.8 Å². The number of nitrogens with zero attached hydrogens (tertiary/aromatic N) is 1. The van der Waals surface area contributed by atoms with E-state index < -0.39 is 5.97 Å². The molecule has 92 valence electrons.